The van der Waals surface area contributed by atoms with Gasteiger partial charge in [-0.15, -0.1) is 12.4 Å². The van der Waals surface area contributed by atoms with Crippen molar-refractivity contribution in [3.63, 3.8) is 0 Å². The molecule has 0 bridgehead atoms. The number of rotatable bonds is 6. The minimum Gasteiger partial charge on any atom is -0.353 e. The first-order valence-electron chi connectivity index (χ1n) is 7.28. The van der Waals surface area contributed by atoms with Crippen molar-refractivity contribution in [2.24, 2.45) is 5.92 Å². The minimum atomic E-state index is -0.432. The Morgan fingerprint density at radius 3 is 2.25 bits per heavy atom. The van der Waals surface area contributed by atoms with Crippen LogP contribution in [0, 0.1) is 5.92 Å². The number of carbonyl (C=O) groups excluding carboxylic acids is 2. The van der Waals surface area contributed by atoms with Gasteiger partial charge in [0.1, 0.15) is 6.04 Å². The Morgan fingerprint density at radius 2 is 1.75 bits per heavy atom. The number of hydrogen-bond acceptors (Lipinski definition) is 3. The van der Waals surface area contributed by atoms with Crippen molar-refractivity contribution < 1.29 is 9.59 Å². The fourth-order valence-corrected chi connectivity index (χ4v) is 2.38. The molecule has 0 aromatic rings. The molecule has 0 spiro atoms. The molecule has 0 aromatic heterocycles. The van der Waals surface area contributed by atoms with Crippen LogP contribution in [0.3, 0.4) is 0 Å². The van der Waals surface area contributed by atoms with Crippen LogP contribution in [0.5, 0.6) is 0 Å². The molecule has 2 N–H and O–H groups in total. The van der Waals surface area contributed by atoms with E-state index in [2.05, 4.69) is 15.5 Å². The quantitative estimate of drug-likeness (QED) is 0.774. The maximum Gasteiger partial charge on any atom is 0.242 e. The maximum atomic E-state index is 12.0. The van der Waals surface area contributed by atoms with E-state index in [9.17, 15) is 9.59 Å². The predicted octanol–water partition coefficient (Wildman–Crippen LogP) is 1.17. The second-order valence-electron chi connectivity index (χ2n) is 5.62. The third kappa shape index (κ3) is 7.10. The Kier molecular flexibility index (Phi) is 9.59. The standard InChI is InChI=1S/C14H27N3O2.ClH/c1-11(2)13(16-12(3)18)14(19)15-7-10-17-8-5-4-6-9-17;/h11,13H,4-10H2,1-3H3,(H,15,19)(H,16,18);1H. The van der Waals surface area contributed by atoms with Crippen molar-refractivity contribution in [3.8, 4) is 0 Å². The number of carbonyl (C=O) groups is 2. The van der Waals surface area contributed by atoms with Crippen LogP contribution < -0.4 is 10.6 Å². The van der Waals surface area contributed by atoms with E-state index >= 15 is 0 Å². The summed E-state index contributed by atoms with van der Waals surface area (Å²) in [6.45, 7) is 9.13. The Labute approximate surface area is 128 Å². The topological polar surface area (TPSA) is 61.4 Å². The van der Waals surface area contributed by atoms with E-state index in [-0.39, 0.29) is 30.1 Å². The van der Waals surface area contributed by atoms with Gasteiger partial charge in [-0.1, -0.05) is 20.3 Å². The van der Waals surface area contributed by atoms with Crippen molar-refractivity contribution in [3.05, 3.63) is 0 Å². The molecule has 1 unspecified atom stereocenters. The average molecular weight is 306 g/mol. The molecule has 0 aliphatic carbocycles. The Balaban J connectivity index is 0.00000361. The van der Waals surface area contributed by atoms with Gasteiger partial charge in [-0.2, -0.15) is 0 Å². The van der Waals surface area contributed by atoms with Crippen LogP contribution in [0.1, 0.15) is 40.0 Å². The van der Waals surface area contributed by atoms with Crippen LogP contribution in [0.25, 0.3) is 0 Å². The lowest BCUT2D eigenvalue weighted by atomic mass is 10.0. The zero-order valence-corrected chi connectivity index (χ0v) is 13.6. The highest BCUT2D eigenvalue weighted by atomic mass is 35.5. The van der Waals surface area contributed by atoms with E-state index in [0.717, 1.165) is 19.6 Å². The lowest BCUT2D eigenvalue weighted by molar-refractivity contribution is -0.129. The number of halogens is 1. The van der Waals surface area contributed by atoms with Crippen LogP contribution in [-0.4, -0.2) is 48.9 Å². The van der Waals surface area contributed by atoms with E-state index in [1.807, 2.05) is 13.8 Å². The Bertz CT molecular complexity index is 305. The van der Waals surface area contributed by atoms with Crippen molar-refractivity contribution in [1.29, 1.82) is 0 Å². The molecule has 1 rings (SSSR count). The van der Waals surface area contributed by atoms with Crippen LogP contribution in [0.15, 0.2) is 0 Å². The van der Waals surface area contributed by atoms with Crippen molar-refractivity contribution >= 4 is 24.2 Å². The van der Waals surface area contributed by atoms with Crippen molar-refractivity contribution in [2.75, 3.05) is 26.2 Å². The molecule has 1 atom stereocenters. The molecule has 0 radical (unpaired) electrons. The van der Waals surface area contributed by atoms with Gasteiger partial charge in [0.05, 0.1) is 0 Å². The van der Waals surface area contributed by atoms with E-state index in [0.29, 0.717) is 6.54 Å². The Hall–Kier alpha value is -0.810. The first-order chi connectivity index (χ1) is 9.00. The van der Waals surface area contributed by atoms with Gasteiger partial charge in [0.15, 0.2) is 0 Å². The van der Waals surface area contributed by atoms with E-state index in [4.69, 9.17) is 0 Å². The summed E-state index contributed by atoms with van der Waals surface area (Å²) in [5, 5.41) is 5.62. The summed E-state index contributed by atoms with van der Waals surface area (Å²) in [5.74, 6) is -0.147. The molecule has 1 aliphatic heterocycles. The summed E-state index contributed by atoms with van der Waals surface area (Å²) in [6.07, 6.45) is 3.84. The van der Waals surface area contributed by atoms with E-state index in [1.54, 1.807) is 0 Å². The first-order valence-corrected chi connectivity index (χ1v) is 7.28. The molecule has 6 heteroatoms. The molecule has 1 saturated heterocycles. The summed E-state index contributed by atoms with van der Waals surface area (Å²) < 4.78 is 0. The lowest BCUT2D eigenvalue weighted by Gasteiger charge is -2.27. The molecule has 20 heavy (non-hydrogen) atoms. The molecule has 1 heterocycles. The number of nitrogens with one attached hydrogen (secondary N) is 2. The van der Waals surface area contributed by atoms with Crippen LogP contribution in [0.2, 0.25) is 0 Å². The van der Waals surface area contributed by atoms with Gasteiger partial charge in [0.2, 0.25) is 11.8 Å². The van der Waals surface area contributed by atoms with E-state index < -0.39 is 6.04 Å². The summed E-state index contributed by atoms with van der Waals surface area (Å²) in [6, 6.07) is -0.432. The van der Waals surface area contributed by atoms with E-state index in [1.165, 1.54) is 26.2 Å². The third-order valence-electron chi connectivity index (χ3n) is 3.48. The number of likely N-dealkylation sites (tertiary alicyclic amines) is 1. The number of hydrogen-bond donors (Lipinski definition) is 2. The molecule has 118 valence electrons. The van der Waals surface area contributed by atoms with Gasteiger partial charge in [-0.3, -0.25) is 9.59 Å². The summed E-state index contributed by atoms with van der Waals surface area (Å²) in [7, 11) is 0. The van der Waals surface area contributed by atoms with Crippen molar-refractivity contribution in [1.82, 2.24) is 15.5 Å². The number of nitrogens with zero attached hydrogens (tertiary/aromatic N) is 1. The molecular weight excluding hydrogens is 278 g/mol. The smallest absolute Gasteiger partial charge is 0.242 e. The van der Waals surface area contributed by atoms with Crippen molar-refractivity contribution in [2.45, 2.75) is 46.1 Å². The highest BCUT2D eigenvalue weighted by Gasteiger charge is 2.22. The second kappa shape index (κ2) is 10.00. The fourth-order valence-electron chi connectivity index (χ4n) is 2.38. The number of amides is 2. The number of piperidine rings is 1. The van der Waals surface area contributed by atoms with Gasteiger partial charge in [0, 0.05) is 20.0 Å². The molecule has 1 aliphatic rings. The highest BCUT2D eigenvalue weighted by Crippen LogP contribution is 2.07. The lowest BCUT2D eigenvalue weighted by Crippen LogP contribution is -2.50. The largest absolute Gasteiger partial charge is 0.353 e. The first kappa shape index (κ1) is 19.2. The zero-order chi connectivity index (χ0) is 14.3. The third-order valence-corrected chi connectivity index (χ3v) is 3.48. The molecule has 5 nitrogen and oxygen atoms in total. The SMILES string of the molecule is CC(=O)NC(C(=O)NCCN1CCCCC1)C(C)C.Cl. The van der Waals surface area contributed by atoms with Gasteiger partial charge < -0.3 is 15.5 Å². The fraction of sp³-hybridized carbons (Fsp3) is 0.857. The molecular formula is C14H28ClN3O2. The minimum absolute atomic E-state index is 0. The molecule has 0 aromatic carbocycles. The van der Waals surface area contributed by atoms with Gasteiger partial charge in [0.25, 0.3) is 0 Å². The van der Waals surface area contributed by atoms with Crippen LogP contribution in [0.4, 0.5) is 0 Å². The maximum absolute atomic E-state index is 12.0. The molecule has 1 fully saturated rings. The Morgan fingerprint density at radius 1 is 1.15 bits per heavy atom. The summed E-state index contributed by atoms with van der Waals surface area (Å²) >= 11 is 0. The highest BCUT2D eigenvalue weighted by molar-refractivity contribution is 5.87. The normalized spacial score (nSPS) is 17.2. The summed E-state index contributed by atoms with van der Waals surface area (Å²) in [4.78, 5) is 25.5. The zero-order valence-electron chi connectivity index (χ0n) is 12.8. The van der Waals surface area contributed by atoms with Crippen LogP contribution >= 0.6 is 12.4 Å². The second-order valence-corrected chi connectivity index (χ2v) is 5.62. The van der Waals surface area contributed by atoms with Crippen LogP contribution in [-0.2, 0) is 9.59 Å². The summed E-state index contributed by atoms with van der Waals surface area (Å²) in [5.41, 5.74) is 0. The van der Waals surface area contributed by atoms with Gasteiger partial charge in [-0.05, 0) is 31.8 Å². The monoisotopic (exact) mass is 305 g/mol. The molecule has 0 saturated carbocycles. The average Bonchev–Trinajstić information content (AvgIpc) is 2.36. The van der Waals surface area contributed by atoms with Gasteiger partial charge in [-0.25, -0.2) is 0 Å². The predicted molar refractivity (Wildman–Crippen MR) is 83.0 cm³/mol. The van der Waals surface area contributed by atoms with Gasteiger partial charge >= 0.3 is 0 Å². The molecule has 2 amide bonds.